The van der Waals surface area contributed by atoms with Gasteiger partial charge in [-0.3, -0.25) is 0 Å². The number of hydrogen-bond acceptors (Lipinski definition) is 4. The molecule has 0 unspecified atom stereocenters. The van der Waals surface area contributed by atoms with E-state index in [-0.39, 0.29) is 0 Å². The van der Waals surface area contributed by atoms with Gasteiger partial charge in [0.1, 0.15) is 10.8 Å². The summed E-state index contributed by atoms with van der Waals surface area (Å²) >= 11 is 1.51. The van der Waals surface area contributed by atoms with E-state index >= 15 is 0 Å². The third-order valence-corrected chi connectivity index (χ3v) is 3.45. The Labute approximate surface area is 98.5 Å². The van der Waals surface area contributed by atoms with Gasteiger partial charge in [-0.2, -0.15) is 0 Å². The molecule has 4 heteroatoms. The molecule has 0 aliphatic heterocycles. The number of aryl methyl sites for hydroxylation is 1. The topological polar surface area (TPSA) is 46.3 Å². The molecule has 0 fully saturated rings. The average Bonchev–Trinajstić information content (AvgIpc) is 2.65. The van der Waals surface area contributed by atoms with Gasteiger partial charge in [-0.05, 0) is 26.0 Å². The average molecular weight is 235 g/mol. The minimum absolute atomic E-state index is 0.511. The molecule has 2 heterocycles. The largest absolute Gasteiger partial charge is 0.468 e. The van der Waals surface area contributed by atoms with Crippen molar-refractivity contribution in [1.29, 1.82) is 0 Å². The second-order valence-corrected chi connectivity index (χ2v) is 4.55. The van der Waals surface area contributed by atoms with Crippen LogP contribution in [0.2, 0.25) is 0 Å². The first-order chi connectivity index (χ1) is 7.68. The summed E-state index contributed by atoms with van der Waals surface area (Å²) in [4.78, 5) is 5.31. The van der Waals surface area contributed by atoms with Crippen LogP contribution < -0.4 is 0 Å². The fourth-order valence-electron chi connectivity index (χ4n) is 1.39. The Kier molecular flexibility index (Phi) is 3.31. The van der Waals surface area contributed by atoms with Crippen molar-refractivity contribution >= 4 is 11.8 Å². The number of rotatable bonds is 3. The molecular formula is C12H13NO2S. The summed E-state index contributed by atoms with van der Waals surface area (Å²) in [7, 11) is 0. The second kappa shape index (κ2) is 4.72. The van der Waals surface area contributed by atoms with Crippen molar-refractivity contribution in [3.63, 3.8) is 0 Å². The van der Waals surface area contributed by atoms with Crippen molar-refractivity contribution < 1.29 is 9.52 Å². The van der Waals surface area contributed by atoms with E-state index in [0.717, 1.165) is 21.2 Å². The van der Waals surface area contributed by atoms with E-state index in [1.807, 2.05) is 25.1 Å². The quantitative estimate of drug-likeness (QED) is 0.887. The van der Waals surface area contributed by atoms with Gasteiger partial charge in [-0.25, -0.2) is 4.98 Å². The zero-order valence-electron chi connectivity index (χ0n) is 9.18. The Morgan fingerprint density at radius 1 is 1.44 bits per heavy atom. The molecule has 0 aliphatic carbocycles. The third-order valence-electron chi connectivity index (χ3n) is 2.27. The maximum Gasteiger partial charge on any atom is 0.114 e. The van der Waals surface area contributed by atoms with Crippen molar-refractivity contribution in [3.05, 3.63) is 42.0 Å². The minimum atomic E-state index is -0.511. The zero-order chi connectivity index (χ0) is 11.5. The molecule has 0 spiro atoms. The Morgan fingerprint density at radius 3 is 2.88 bits per heavy atom. The van der Waals surface area contributed by atoms with Gasteiger partial charge in [0.2, 0.25) is 0 Å². The Bertz CT molecular complexity index is 479. The molecular weight excluding hydrogens is 222 g/mol. The predicted octanol–water partition coefficient (Wildman–Crippen LogP) is 3.19. The Balaban J connectivity index is 2.31. The SMILES string of the molecule is Cc1occc1Sc1ncccc1[C@H](C)O. The van der Waals surface area contributed by atoms with Crippen LogP contribution in [0.15, 0.2) is 45.0 Å². The number of aliphatic hydroxyl groups is 1. The van der Waals surface area contributed by atoms with Crippen LogP contribution in [-0.2, 0) is 0 Å². The lowest BCUT2D eigenvalue weighted by Gasteiger charge is -2.09. The van der Waals surface area contributed by atoms with Crippen molar-refractivity contribution in [2.75, 3.05) is 0 Å². The smallest absolute Gasteiger partial charge is 0.114 e. The normalized spacial score (nSPS) is 12.7. The van der Waals surface area contributed by atoms with Gasteiger partial charge in [0.05, 0.1) is 17.3 Å². The van der Waals surface area contributed by atoms with Crippen LogP contribution in [-0.4, -0.2) is 10.1 Å². The summed E-state index contributed by atoms with van der Waals surface area (Å²) in [5, 5.41) is 10.4. The number of aliphatic hydroxyl groups excluding tert-OH is 1. The molecule has 2 rings (SSSR count). The molecule has 0 saturated carbocycles. The first-order valence-electron chi connectivity index (χ1n) is 5.03. The molecule has 84 valence electrons. The molecule has 1 N–H and O–H groups in total. The standard InChI is InChI=1S/C12H13NO2S/c1-8(14)10-4-3-6-13-12(10)16-11-5-7-15-9(11)2/h3-8,14H,1-2H3/t8-/m0/s1. The summed E-state index contributed by atoms with van der Waals surface area (Å²) in [5.41, 5.74) is 0.841. The van der Waals surface area contributed by atoms with Gasteiger partial charge in [0, 0.05) is 11.8 Å². The van der Waals surface area contributed by atoms with E-state index in [1.54, 1.807) is 19.4 Å². The number of hydrogen-bond donors (Lipinski definition) is 1. The van der Waals surface area contributed by atoms with Gasteiger partial charge in [-0.15, -0.1) is 0 Å². The lowest BCUT2D eigenvalue weighted by atomic mass is 10.2. The monoisotopic (exact) mass is 235 g/mol. The van der Waals surface area contributed by atoms with Crippen molar-refractivity contribution in [2.24, 2.45) is 0 Å². The van der Waals surface area contributed by atoms with Crippen molar-refractivity contribution in [2.45, 2.75) is 29.9 Å². The van der Waals surface area contributed by atoms with Crippen LogP contribution in [0.4, 0.5) is 0 Å². The van der Waals surface area contributed by atoms with E-state index < -0.39 is 6.10 Å². The highest BCUT2D eigenvalue weighted by Crippen LogP contribution is 2.33. The lowest BCUT2D eigenvalue weighted by molar-refractivity contribution is 0.195. The Hall–Kier alpha value is -1.26. The maximum atomic E-state index is 9.63. The highest BCUT2D eigenvalue weighted by Gasteiger charge is 2.12. The molecule has 2 aromatic heterocycles. The summed E-state index contributed by atoms with van der Waals surface area (Å²) in [6.45, 7) is 3.65. The maximum absolute atomic E-state index is 9.63. The highest BCUT2D eigenvalue weighted by molar-refractivity contribution is 7.99. The van der Waals surface area contributed by atoms with E-state index in [2.05, 4.69) is 4.98 Å². The number of nitrogens with zero attached hydrogens (tertiary/aromatic N) is 1. The molecule has 0 saturated heterocycles. The Morgan fingerprint density at radius 2 is 2.25 bits per heavy atom. The van der Waals surface area contributed by atoms with Crippen LogP contribution >= 0.6 is 11.8 Å². The third kappa shape index (κ3) is 2.28. The number of furan rings is 1. The van der Waals surface area contributed by atoms with Crippen LogP contribution in [0.5, 0.6) is 0 Å². The van der Waals surface area contributed by atoms with E-state index in [1.165, 1.54) is 11.8 Å². The molecule has 0 aliphatic rings. The van der Waals surface area contributed by atoms with Crippen LogP contribution in [0, 0.1) is 6.92 Å². The second-order valence-electron chi connectivity index (χ2n) is 3.52. The molecule has 0 aromatic carbocycles. The van der Waals surface area contributed by atoms with Gasteiger partial charge in [0.25, 0.3) is 0 Å². The fourth-order valence-corrected chi connectivity index (χ4v) is 2.38. The van der Waals surface area contributed by atoms with E-state index in [0.29, 0.717) is 0 Å². The minimum Gasteiger partial charge on any atom is -0.468 e. The number of pyridine rings is 1. The first-order valence-corrected chi connectivity index (χ1v) is 5.85. The van der Waals surface area contributed by atoms with Crippen molar-refractivity contribution in [3.8, 4) is 0 Å². The molecule has 0 amide bonds. The summed E-state index contributed by atoms with van der Waals surface area (Å²) < 4.78 is 5.23. The molecule has 1 atom stereocenters. The number of aromatic nitrogens is 1. The predicted molar refractivity (Wildman–Crippen MR) is 62.4 cm³/mol. The van der Waals surface area contributed by atoms with Crippen LogP contribution in [0.25, 0.3) is 0 Å². The van der Waals surface area contributed by atoms with E-state index in [4.69, 9.17) is 4.42 Å². The molecule has 16 heavy (non-hydrogen) atoms. The zero-order valence-corrected chi connectivity index (χ0v) is 9.99. The summed E-state index contributed by atoms with van der Waals surface area (Å²) in [6, 6.07) is 5.62. The fraction of sp³-hybridized carbons (Fsp3) is 0.250. The van der Waals surface area contributed by atoms with E-state index in [9.17, 15) is 5.11 Å². The van der Waals surface area contributed by atoms with Crippen molar-refractivity contribution in [1.82, 2.24) is 4.98 Å². The first kappa shape index (κ1) is 11.2. The van der Waals surface area contributed by atoms with Crippen LogP contribution in [0.1, 0.15) is 24.4 Å². The summed E-state index contributed by atoms with van der Waals surface area (Å²) in [6.07, 6.45) is 2.87. The van der Waals surface area contributed by atoms with Gasteiger partial charge >= 0.3 is 0 Å². The van der Waals surface area contributed by atoms with Gasteiger partial charge < -0.3 is 9.52 Å². The molecule has 0 bridgehead atoms. The lowest BCUT2D eigenvalue weighted by Crippen LogP contribution is -1.95. The summed E-state index contributed by atoms with van der Waals surface area (Å²) in [5.74, 6) is 0.868. The van der Waals surface area contributed by atoms with Gasteiger partial charge in [-0.1, -0.05) is 17.8 Å². The molecule has 3 nitrogen and oxygen atoms in total. The van der Waals surface area contributed by atoms with Gasteiger partial charge in [0.15, 0.2) is 0 Å². The van der Waals surface area contributed by atoms with Crippen LogP contribution in [0.3, 0.4) is 0 Å². The molecule has 2 aromatic rings. The highest BCUT2D eigenvalue weighted by atomic mass is 32.2. The molecule has 0 radical (unpaired) electrons.